The maximum absolute atomic E-state index is 9.09. The van der Waals surface area contributed by atoms with Crippen molar-refractivity contribution >= 4 is 12.6 Å². The summed E-state index contributed by atoms with van der Waals surface area (Å²) in [5.74, 6) is 0.877. The van der Waals surface area contributed by atoms with E-state index in [4.69, 9.17) is 14.8 Å². The Morgan fingerprint density at radius 1 is 0.952 bits per heavy atom. The SMILES string of the molecule is CCCC(C)Oc1ccc(-c2ccc(B(O)O)cc2)cc1. The van der Waals surface area contributed by atoms with E-state index in [1.54, 1.807) is 12.1 Å². The summed E-state index contributed by atoms with van der Waals surface area (Å²) in [6.07, 6.45) is 2.39. The molecule has 0 saturated carbocycles. The largest absolute Gasteiger partial charge is 0.491 e. The van der Waals surface area contributed by atoms with E-state index >= 15 is 0 Å². The molecule has 2 aromatic carbocycles. The molecular weight excluding hydrogens is 263 g/mol. The molecule has 0 saturated heterocycles. The minimum Gasteiger partial charge on any atom is -0.491 e. The number of rotatable bonds is 6. The van der Waals surface area contributed by atoms with Crippen LogP contribution in [0.3, 0.4) is 0 Å². The zero-order valence-electron chi connectivity index (χ0n) is 12.5. The number of benzene rings is 2. The molecule has 4 heteroatoms. The van der Waals surface area contributed by atoms with Crippen molar-refractivity contribution in [2.75, 3.05) is 0 Å². The third-order valence-corrected chi connectivity index (χ3v) is 3.43. The van der Waals surface area contributed by atoms with Gasteiger partial charge < -0.3 is 14.8 Å². The predicted octanol–water partition coefficient (Wildman–Crippen LogP) is 2.60. The minimum absolute atomic E-state index is 0.228. The van der Waals surface area contributed by atoms with Gasteiger partial charge in [0.1, 0.15) is 5.75 Å². The molecule has 0 aromatic heterocycles. The van der Waals surface area contributed by atoms with Gasteiger partial charge in [-0.3, -0.25) is 0 Å². The highest BCUT2D eigenvalue weighted by molar-refractivity contribution is 6.58. The normalized spacial score (nSPS) is 12.0. The van der Waals surface area contributed by atoms with Crippen LogP contribution >= 0.6 is 0 Å². The summed E-state index contributed by atoms with van der Waals surface area (Å²) in [4.78, 5) is 0. The van der Waals surface area contributed by atoms with Gasteiger partial charge in [-0.25, -0.2) is 0 Å². The van der Waals surface area contributed by atoms with Crippen LogP contribution in [0.1, 0.15) is 26.7 Å². The highest BCUT2D eigenvalue weighted by atomic mass is 16.5. The van der Waals surface area contributed by atoms with Crippen molar-refractivity contribution in [1.82, 2.24) is 0 Å². The lowest BCUT2D eigenvalue weighted by atomic mass is 9.80. The summed E-state index contributed by atoms with van der Waals surface area (Å²) in [5.41, 5.74) is 2.60. The molecule has 0 spiro atoms. The highest BCUT2D eigenvalue weighted by Gasteiger charge is 2.10. The van der Waals surface area contributed by atoms with Crippen molar-refractivity contribution in [2.24, 2.45) is 0 Å². The lowest BCUT2D eigenvalue weighted by Gasteiger charge is -2.14. The van der Waals surface area contributed by atoms with Crippen LogP contribution < -0.4 is 10.2 Å². The van der Waals surface area contributed by atoms with Gasteiger partial charge in [0.25, 0.3) is 0 Å². The Hall–Kier alpha value is -1.78. The maximum Gasteiger partial charge on any atom is 0.488 e. The molecule has 0 radical (unpaired) electrons. The van der Waals surface area contributed by atoms with E-state index in [9.17, 15) is 0 Å². The zero-order chi connectivity index (χ0) is 15.2. The molecule has 0 heterocycles. The molecule has 2 rings (SSSR count). The first kappa shape index (κ1) is 15.6. The summed E-state index contributed by atoms with van der Waals surface area (Å²) in [6, 6.07) is 15.2. The summed E-state index contributed by atoms with van der Waals surface area (Å²) in [5, 5.41) is 18.2. The summed E-state index contributed by atoms with van der Waals surface area (Å²) in [6.45, 7) is 4.23. The molecule has 110 valence electrons. The average Bonchev–Trinajstić information content (AvgIpc) is 2.48. The maximum atomic E-state index is 9.09. The molecule has 0 aliphatic rings. The number of hydrogen-bond donors (Lipinski definition) is 2. The van der Waals surface area contributed by atoms with Crippen LogP contribution in [-0.4, -0.2) is 23.3 Å². The first-order chi connectivity index (χ1) is 10.1. The fourth-order valence-corrected chi connectivity index (χ4v) is 2.27. The first-order valence-corrected chi connectivity index (χ1v) is 7.33. The molecule has 0 bridgehead atoms. The minimum atomic E-state index is -1.42. The van der Waals surface area contributed by atoms with Crippen molar-refractivity contribution < 1.29 is 14.8 Å². The molecule has 2 aromatic rings. The van der Waals surface area contributed by atoms with Crippen LogP contribution in [0.5, 0.6) is 5.75 Å². The molecule has 0 amide bonds. The highest BCUT2D eigenvalue weighted by Crippen LogP contribution is 2.22. The Morgan fingerprint density at radius 3 is 1.95 bits per heavy atom. The van der Waals surface area contributed by atoms with Gasteiger partial charge in [0.2, 0.25) is 0 Å². The van der Waals surface area contributed by atoms with Gasteiger partial charge in [-0.1, -0.05) is 49.7 Å². The van der Waals surface area contributed by atoms with Crippen molar-refractivity contribution in [2.45, 2.75) is 32.8 Å². The average molecular weight is 284 g/mol. The van der Waals surface area contributed by atoms with Crippen LogP contribution in [0.2, 0.25) is 0 Å². The van der Waals surface area contributed by atoms with Gasteiger partial charge in [-0.15, -0.1) is 0 Å². The first-order valence-electron chi connectivity index (χ1n) is 7.33. The van der Waals surface area contributed by atoms with E-state index in [-0.39, 0.29) is 6.10 Å². The Morgan fingerprint density at radius 2 is 1.48 bits per heavy atom. The lowest BCUT2D eigenvalue weighted by molar-refractivity contribution is 0.210. The molecule has 0 aliphatic heterocycles. The van der Waals surface area contributed by atoms with E-state index in [0.717, 1.165) is 29.7 Å². The van der Waals surface area contributed by atoms with Gasteiger partial charge in [-0.2, -0.15) is 0 Å². The number of ether oxygens (including phenoxy) is 1. The van der Waals surface area contributed by atoms with Crippen LogP contribution in [0.15, 0.2) is 48.5 Å². The lowest BCUT2D eigenvalue weighted by Crippen LogP contribution is -2.29. The van der Waals surface area contributed by atoms with Crippen LogP contribution in [0.25, 0.3) is 11.1 Å². The summed E-state index contributed by atoms with van der Waals surface area (Å²) in [7, 11) is -1.42. The predicted molar refractivity (Wildman–Crippen MR) is 86.7 cm³/mol. The van der Waals surface area contributed by atoms with Crippen LogP contribution in [0, 0.1) is 0 Å². The van der Waals surface area contributed by atoms with Crippen molar-refractivity contribution in [1.29, 1.82) is 0 Å². The van der Waals surface area contributed by atoms with Gasteiger partial charge in [0, 0.05) is 0 Å². The molecule has 1 atom stereocenters. The molecule has 21 heavy (non-hydrogen) atoms. The van der Waals surface area contributed by atoms with Crippen molar-refractivity contribution in [3.05, 3.63) is 48.5 Å². The molecule has 3 nitrogen and oxygen atoms in total. The van der Waals surface area contributed by atoms with E-state index in [0.29, 0.717) is 5.46 Å². The standard InChI is InChI=1S/C17H21BO3/c1-3-4-13(2)21-17-11-7-15(8-12-17)14-5-9-16(10-6-14)18(19)20/h5-13,19-20H,3-4H2,1-2H3. The fourth-order valence-electron chi connectivity index (χ4n) is 2.27. The molecule has 0 aliphatic carbocycles. The molecular formula is C17H21BO3. The second-order valence-electron chi connectivity index (χ2n) is 5.24. The van der Waals surface area contributed by atoms with Gasteiger partial charge in [0.05, 0.1) is 6.10 Å². The Kier molecular flexibility index (Phi) is 5.42. The third kappa shape index (κ3) is 4.35. The van der Waals surface area contributed by atoms with Gasteiger partial charge >= 0.3 is 7.12 Å². The molecule has 0 fully saturated rings. The Balaban J connectivity index is 2.07. The Labute approximate surface area is 126 Å². The van der Waals surface area contributed by atoms with Crippen molar-refractivity contribution in [3.63, 3.8) is 0 Å². The molecule has 1 unspecified atom stereocenters. The fraction of sp³-hybridized carbons (Fsp3) is 0.294. The van der Waals surface area contributed by atoms with E-state index in [1.807, 2.05) is 36.4 Å². The summed E-state index contributed by atoms with van der Waals surface area (Å²) >= 11 is 0. The zero-order valence-corrected chi connectivity index (χ0v) is 12.5. The smallest absolute Gasteiger partial charge is 0.488 e. The Bertz CT molecular complexity index is 549. The van der Waals surface area contributed by atoms with Crippen LogP contribution in [0.4, 0.5) is 0 Å². The van der Waals surface area contributed by atoms with Gasteiger partial charge in [0.15, 0.2) is 0 Å². The van der Waals surface area contributed by atoms with E-state index in [1.165, 1.54) is 0 Å². The number of hydrogen-bond acceptors (Lipinski definition) is 3. The second kappa shape index (κ2) is 7.30. The third-order valence-electron chi connectivity index (χ3n) is 3.43. The van der Waals surface area contributed by atoms with Crippen LogP contribution in [-0.2, 0) is 0 Å². The van der Waals surface area contributed by atoms with Crippen molar-refractivity contribution in [3.8, 4) is 16.9 Å². The monoisotopic (exact) mass is 284 g/mol. The summed E-state index contributed by atoms with van der Waals surface area (Å²) < 4.78 is 5.83. The van der Waals surface area contributed by atoms with Gasteiger partial charge in [-0.05, 0) is 42.1 Å². The topological polar surface area (TPSA) is 49.7 Å². The molecule has 2 N–H and O–H groups in total. The second-order valence-corrected chi connectivity index (χ2v) is 5.24. The quantitative estimate of drug-likeness (QED) is 0.802. The van der Waals surface area contributed by atoms with E-state index < -0.39 is 7.12 Å². The van der Waals surface area contributed by atoms with E-state index in [2.05, 4.69) is 13.8 Å².